The molecule has 4 nitrogen and oxygen atoms in total. The largest absolute Gasteiger partial charge is 0.384 e. The Balaban J connectivity index is 2.08. The molecule has 0 aromatic carbocycles. The molecule has 2 heterocycles. The quantitative estimate of drug-likeness (QED) is 0.908. The van der Waals surface area contributed by atoms with Crippen LogP contribution in [0.2, 0.25) is 0 Å². The second-order valence-electron chi connectivity index (χ2n) is 6.67. The van der Waals surface area contributed by atoms with Gasteiger partial charge in [-0.25, -0.2) is 0 Å². The Morgan fingerprint density at radius 1 is 1.27 bits per heavy atom. The van der Waals surface area contributed by atoms with Gasteiger partial charge in [0.2, 0.25) is 0 Å². The molecule has 1 unspecified atom stereocenters. The third-order valence-corrected chi connectivity index (χ3v) is 4.01. The molecule has 0 amide bonds. The van der Waals surface area contributed by atoms with Crippen LogP contribution in [0.5, 0.6) is 0 Å². The molecule has 1 aliphatic rings. The van der Waals surface area contributed by atoms with E-state index in [1.165, 1.54) is 5.56 Å². The van der Waals surface area contributed by atoms with Crippen molar-refractivity contribution in [1.82, 2.24) is 4.98 Å². The van der Waals surface area contributed by atoms with Gasteiger partial charge in [0, 0.05) is 18.8 Å². The van der Waals surface area contributed by atoms with E-state index in [1.807, 2.05) is 25.1 Å². The molecule has 4 heteroatoms. The minimum atomic E-state index is -0.687. The Labute approximate surface area is 132 Å². The molecule has 2 rings (SSSR count). The van der Waals surface area contributed by atoms with E-state index < -0.39 is 5.54 Å². The maximum atomic E-state index is 12.6. The first-order chi connectivity index (χ1) is 10.4. The Hall–Kier alpha value is -1.97. The molecule has 0 aliphatic carbocycles. The summed E-state index contributed by atoms with van der Waals surface area (Å²) in [5, 5.41) is 0. The lowest BCUT2D eigenvalue weighted by Crippen LogP contribution is -2.35. The van der Waals surface area contributed by atoms with Gasteiger partial charge in [-0.05, 0) is 55.9 Å². The van der Waals surface area contributed by atoms with Crippen LogP contribution in [0.3, 0.4) is 0 Å². The number of carbonyl (C=O) groups is 1. The fraction of sp³-hybridized carbons (Fsp3) is 0.500. The smallest absolute Gasteiger partial charge is 0.164 e. The van der Waals surface area contributed by atoms with E-state index in [1.54, 1.807) is 12.4 Å². The molecular weight excluding hydrogens is 274 g/mol. The lowest BCUT2D eigenvalue weighted by Gasteiger charge is -2.25. The number of aromatic nitrogens is 1. The molecule has 1 aromatic rings. The number of allylic oxidation sites excluding steroid dienone is 1. The molecule has 0 radical (unpaired) electrons. The number of aliphatic imine (C=N–C) groups is 1. The SMILES string of the molecule is CC(C)CC1(C)N=C(N)C=C(CCc2ccncc2)CC1=O. The number of pyridine rings is 1. The van der Waals surface area contributed by atoms with Crippen molar-refractivity contribution in [3.8, 4) is 0 Å². The van der Waals surface area contributed by atoms with Crippen LogP contribution in [0.4, 0.5) is 0 Å². The predicted octanol–water partition coefficient (Wildman–Crippen LogP) is 3.08. The van der Waals surface area contributed by atoms with Crippen LogP contribution in [0.1, 0.15) is 45.6 Å². The average Bonchev–Trinajstić information content (AvgIpc) is 2.54. The van der Waals surface area contributed by atoms with Crippen LogP contribution >= 0.6 is 0 Å². The summed E-state index contributed by atoms with van der Waals surface area (Å²) in [7, 11) is 0. The number of hydrogen-bond acceptors (Lipinski definition) is 4. The van der Waals surface area contributed by atoms with E-state index in [2.05, 4.69) is 23.8 Å². The second kappa shape index (κ2) is 6.86. The molecule has 118 valence electrons. The van der Waals surface area contributed by atoms with E-state index in [0.29, 0.717) is 18.2 Å². The Bertz CT molecular complexity index is 590. The van der Waals surface area contributed by atoms with Crippen molar-refractivity contribution in [2.24, 2.45) is 16.6 Å². The van der Waals surface area contributed by atoms with Crippen molar-refractivity contribution in [3.05, 3.63) is 41.7 Å². The van der Waals surface area contributed by atoms with Gasteiger partial charge < -0.3 is 5.73 Å². The van der Waals surface area contributed by atoms with Gasteiger partial charge in [0.15, 0.2) is 5.78 Å². The highest BCUT2D eigenvalue weighted by molar-refractivity contribution is 6.00. The molecule has 22 heavy (non-hydrogen) atoms. The zero-order valence-electron chi connectivity index (χ0n) is 13.7. The molecule has 0 bridgehead atoms. The molecule has 0 saturated heterocycles. The number of rotatable bonds is 5. The monoisotopic (exact) mass is 299 g/mol. The zero-order valence-corrected chi connectivity index (χ0v) is 13.7. The Morgan fingerprint density at radius 3 is 2.59 bits per heavy atom. The van der Waals surface area contributed by atoms with E-state index in [0.717, 1.165) is 24.8 Å². The molecule has 1 aliphatic heterocycles. The van der Waals surface area contributed by atoms with Gasteiger partial charge in [-0.15, -0.1) is 0 Å². The maximum absolute atomic E-state index is 12.6. The molecule has 0 saturated carbocycles. The van der Waals surface area contributed by atoms with Crippen molar-refractivity contribution in [2.45, 2.75) is 52.0 Å². The van der Waals surface area contributed by atoms with Gasteiger partial charge in [0.25, 0.3) is 0 Å². The van der Waals surface area contributed by atoms with Gasteiger partial charge in [0.05, 0.1) is 0 Å². The highest BCUT2D eigenvalue weighted by atomic mass is 16.1. The van der Waals surface area contributed by atoms with Crippen LogP contribution in [-0.2, 0) is 11.2 Å². The average molecular weight is 299 g/mol. The summed E-state index contributed by atoms with van der Waals surface area (Å²) in [4.78, 5) is 21.1. The first kappa shape index (κ1) is 16.4. The van der Waals surface area contributed by atoms with E-state index in [9.17, 15) is 4.79 Å². The fourth-order valence-electron chi connectivity index (χ4n) is 3.01. The summed E-state index contributed by atoms with van der Waals surface area (Å²) in [6.45, 7) is 6.11. The van der Waals surface area contributed by atoms with Crippen molar-refractivity contribution in [2.75, 3.05) is 0 Å². The van der Waals surface area contributed by atoms with Crippen molar-refractivity contribution >= 4 is 11.6 Å². The molecular formula is C18H25N3O. The maximum Gasteiger partial charge on any atom is 0.164 e. The van der Waals surface area contributed by atoms with Crippen LogP contribution < -0.4 is 5.73 Å². The standard InChI is InChI=1S/C18H25N3O/c1-13(2)12-18(3)16(22)10-15(11-17(19)21-18)5-4-14-6-8-20-9-7-14/h6-9,11,13H,4-5,10,12H2,1-3H3,(H2,19,21). The topological polar surface area (TPSA) is 68.3 Å². The summed E-state index contributed by atoms with van der Waals surface area (Å²) < 4.78 is 0. The zero-order chi connectivity index (χ0) is 16.2. The number of ketones is 1. The highest BCUT2D eigenvalue weighted by Crippen LogP contribution is 2.28. The van der Waals surface area contributed by atoms with Crippen LogP contribution in [-0.4, -0.2) is 22.1 Å². The first-order valence-corrected chi connectivity index (χ1v) is 7.86. The molecule has 2 N–H and O–H groups in total. The Morgan fingerprint density at radius 2 is 1.95 bits per heavy atom. The minimum absolute atomic E-state index is 0.169. The number of carbonyl (C=O) groups excluding carboxylic acids is 1. The minimum Gasteiger partial charge on any atom is -0.384 e. The van der Waals surface area contributed by atoms with Gasteiger partial charge in [-0.1, -0.05) is 19.4 Å². The summed E-state index contributed by atoms with van der Waals surface area (Å²) in [5.74, 6) is 1.05. The fourth-order valence-corrected chi connectivity index (χ4v) is 3.01. The summed E-state index contributed by atoms with van der Waals surface area (Å²) in [6.07, 6.45) is 8.34. The van der Waals surface area contributed by atoms with Crippen molar-refractivity contribution in [3.63, 3.8) is 0 Å². The highest BCUT2D eigenvalue weighted by Gasteiger charge is 2.35. The molecule has 0 spiro atoms. The number of nitrogens with zero attached hydrogens (tertiary/aromatic N) is 2. The van der Waals surface area contributed by atoms with Gasteiger partial charge in [-0.3, -0.25) is 14.8 Å². The van der Waals surface area contributed by atoms with E-state index >= 15 is 0 Å². The molecule has 1 aromatic heterocycles. The number of aryl methyl sites for hydroxylation is 1. The number of hydrogen-bond donors (Lipinski definition) is 1. The number of Topliss-reactive ketones (excluding diaryl/α,β-unsaturated/α-hetero) is 1. The van der Waals surface area contributed by atoms with Gasteiger partial charge in [-0.2, -0.15) is 0 Å². The predicted molar refractivity (Wildman–Crippen MR) is 89.7 cm³/mol. The lowest BCUT2D eigenvalue weighted by molar-refractivity contribution is -0.123. The summed E-state index contributed by atoms with van der Waals surface area (Å²) in [5.41, 5.74) is 7.61. The number of amidine groups is 1. The number of nitrogens with two attached hydrogens (primary N) is 1. The third-order valence-electron chi connectivity index (χ3n) is 4.01. The second-order valence-corrected chi connectivity index (χ2v) is 6.67. The Kier molecular flexibility index (Phi) is 5.11. The third kappa shape index (κ3) is 4.26. The summed E-state index contributed by atoms with van der Waals surface area (Å²) in [6, 6.07) is 4.00. The molecule has 0 fully saturated rings. The van der Waals surface area contributed by atoms with E-state index in [4.69, 9.17) is 5.73 Å². The van der Waals surface area contributed by atoms with Crippen LogP contribution in [0.25, 0.3) is 0 Å². The van der Waals surface area contributed by atoms with Crippen LogP contribution in [0.15, 0.2) is 41.2 Å². The van der Waals surface area contributed by atoms with Crippen molar-refractivity contribution < 1.29 is 4.79 Å². The van der Waals surface area contributed by atoms with Crippen LogP contribution in [0, 0.1) is 5.92 Å². The first-order valence-electron chi connectivity index (χ1n) is 7.86. The normalized spacial score (nSPS) is 22.3. The molecule has 1 atom stereocenters. The van der Waals surface area contributed by atoms with E-state index in [-0.39, 0.29) is 5.78 Å². The lowest BCUT2D eigenvalue weighted by atomic mass is 9.84. The summed E-state index contributed by atoms with van der Waals surface area (Å²) >= 11 is 0. The van der Waals surface area contributed by atoms with Gasteiger partial charge >= 0.3 is 0 Å². The van der Waals surface area contributed by atoms with Gasteiger partial charge in [0.1, 0.15) is 11.4 Å². The van der Waals surface area contributed by atoms with Crippen molar-refractivity contribution in [1.29, 1.82) is 0 Å².